The van der Waals surface area contributed by atoms with E-state index in [0.29, 0.717) is 16.6 Å². The summed E-state index contributed by atoms with van der Waals surface area (Å²) in [5, 5.41) is 15.2. The number of primary amides is 1. The van der Waals surface area contributed by atoms with Crippen molar-refractivity contribution in [3.05, 3.63) is 34.0 Å². The first-order valence-electron chi connectivity index (χ1n) is 4.44. The number of nitro benzene ring substituents is 1. The van der Waals surface area contributed by atoms with Crippen molar-refractivity contribution in [2.75, 3.05) is 0 Å². The van der Waals surface area contributed by atoms with Gasteiger partial charge in [0.05, 0.1) is 16.1 Å². The zero-order valence-electron chi connectivity index (χ0n) is 8.38. The summed E-state index contributed by atoms with van der Waals surface area (Å²) in [6.45, 7) is 1.70. The van der Waals surface area contributed by atoms with Gasteiger partial charge in [0.2, 0.25) is 0 Å². The molecular weight excluding hydrogens is 212 g/mol. The SMILES string of the molecule is Cc1nn(C(N)=O)c2cc([N+](=O)[O-])ccc12. The number of hydrogen-bond donors (Lipinski definition) is 1. The number of carbonyl (C=O) groups is 1. The Morgan fingerprint density at radius 1 is 1.56 bits per heavy atom. The van der Waals surface area contributed by atoms with Gasteiger partial charge in [0, 0.05) is 17.5 Å². The van der Waals surface area contributed by atoms with Crippen LogP contribution in [-0.4, -0.2) is 20.7 Å². The molecule has 0 bridgehead atoms. The second-order valence-corrected chi connectivity index (χ2v) is 3.29. The fraction of sp³-hybridized carbons (Fsp3) is 0.111. The Labute approximate surface area is 89.6 Å². The Bertz CT molecular complexity index is 602. The number of benzene rings is 1. The molecule has 0 spiro atoms. The summed E-state index contributed by atoms with van der Waals surface area (Å²) in [5.74, 6) is 0. The van der Waals surface area contributed by atoms with E-state index in [1.165, 1.54) is 12.1 Å². The third-order valence-electron chi connectivity index (χ3n) is 2.27. The maximum atomic E-state index is 11.1. The molecule has 1 amide bonds. The average Bonchev–Trinajstić information content (AvgIpc) is 2.56. The van der Waals surface area contributed by atoms with Crippen LogP contribution in [0, 0.1) is 17.0 Å². The van der Waals surface area contributed by atoms with E-state index in [1.807, 2.05) is 0 Å². The molecule has 2 N–H and O–H groups in total. The molecule has 2 rings (SSSR count). The van der Waals surface area contributed by atoms with Crippen LogP contribution in [0.5, 0.6) is 0 Å². The number of aryl methyl sites for hydroxylation is 1. The molecule has 82 valence electrons. The number of nitrogens with two attached hydrogens (primary N) is 1. The van der Waals surface area contributed by atoms with Gasteiger partial charge in [0.1, 0.15) is 0 Å². The van der Waals surface area contributed by atoms with Crippen LogP contribution in [0.3, 0.4) is 0 Å². The van der Waals surface area contributed by atoms with Gasteiger partial charge in [-0.05, 0) is 13.0 Å². The quantitative estimate of drug-likeness (QED) is 0.575. The lowest BCUT2D eigenvalue weighted by atomic mass is 10.2. The molecule has 2 aromatic rings. The fourth-order valence-corrected chi connectivity index (χ4v) is 1.54. The number of aromatic nitrogens is 2. The first-order valence-corrected chi connectivity index (χ1v) is 4.44. The molecule has 0 saturated carbocycles. The predicted molar refractivity (Wildman–Crippen MR) is 56.1 cm³/mol. The fourth-order valence-electron chi connectivity index (χ4n) is 1.54. The smallest absolute Gasteiger partial charge is 0.340 e. The van der Waals surface area contributed by atoms with Crippen molar-refractivity contribution < 1.29 is 9.72 Å². The zero-order chi connectivity index (χ0) is 11.9. The molecule has 7 nitrogen and oxygen atoms in total. The third kappa shape index (κ3) is 1.38. The molecule has 0 aliphatic rings. The summed E-state index contributed by atoms with van der Waals surface area (Å²) in [6.07, 6.45) is 0. The lowest BCUT2D eigenvalue weighted by Crippen LogP contribution is -2.20. The molecule has 0 atom stereocenters. The highest BCUT2D eigenvalue weighted by atomic mass is 16.6. The van der Waals surface area contributed by atoms with E-state index in [2.05, 4.69) is 5.10 Å². The normalized spacial score (nSPS) is 10.6. The van der Waals surface area contributed by atoms with Crippen LogP contribution in [0.1, 0.15) is 5.69 Å². The molecule has 0 radical (unpaired) electrons. The van der Waals surface area contributed by atoms with Crippen LogP contribution in [-0.2, 0) is 0 Å². The number of non-ortho nitro benzene ring substituents is 1. The lowest BCUT2D eigenvalue weighted by molar-refractivity contribution is -0.384. The minimum atomic E-state index is -0.765. The summed E-state index contributed by atoms with van der Waals surface area (Å²) in [6, 6.07) is 3.43. The lowest BCUT2D eigenvalue weighted by Gasteiger charge is -1.96. The Morgan fingerprint density at radius 3 is 2.81 bits per heavy atom. The number of hydrogen-bond acceptors (Lipinski definition) is 4. The first-order chi connectivity index (χ1) is 7.50. The van der Waals surface area contributed by atoms with Gasteiger partial charge in [-0.3, -0.25) is 10.1 Å². The zero-order valence-corrected chi connectivity index (χ0v) is 8.38. The minimum absolute atomic E-state index is 0.102. The van der Waals surface area contributed by atoms with Crippen molar-refractivity contribution in [3.8, 4) is 0 Å². The summed E-state index contributed by atoms with van der Waals surface area (Å²) < 4.78 is 0.956. The van der Waals surface area contributed by atoms with Crippen LogP contribution in [0.4, 0.5) is 10.5 Å². The van der Waals surface area contributed by atoms with Gasteiger partial charge < -0.3 is 5.73 Å². The van der Waals surface area contributed by atoms with Crippen LogP contribution < -0.4 is 5.73 Å². The van der Waals surface area contributed by atoms with E-state index in [0.717, 1.165) is 4.68 Å². The monoisotopic (exact) mass is 220 g/mol. The van der Waals surface area contributed by atoms with Crippen LogP contribution in [0.15, 0.2) is 18.2 Å². The Hall–Kier alpha value is -2.44. The standard InChI is InChI=1S/C9H8N4O3/c1-5-7-3-2-6(13(15)16)4-8(7)12(11-5)9(10)14/h2-4H,1H3,(H2,10,14). The maximum absolute atomic E-state index is 11.1. The topological polar surface area (TPSA) is 104 Å². The highest BCUT2D eigenvalue weighted by Crippen LogP contribution is 2.22. The summed E-state index contributed by atoms with van der Waals surface area (Å²) >= 11 is 0. The van der Waals surface area contributed by atoms with E-state index < -0.39 is 11.0 Å². The maximum Gasteiger partial charge on any atom is 0.340 e. The second kappa shape index (κ2) is 3.30. The molecular formula is C9H8N4O3. The highest BCUT2D eigenvalue weighted by molar-refractivity contribution is 5.92. The van der Waals surface area contributed by atoms with Gasteiger partial charge in [-0.15, -0.1) is 0 Å². The van der Waals surface area contributed by atoms with E-state index >= 15 is 0 Å². The minimum Gasteiger partial charge on any atom is -0.350 e. The van der Waals surface area contributed by atoms with Crippen LogP contribution in [0.2, 0.25) is 0 Å². The Balaban J connectivity index is 2.79. The number of rotatable bonds is 1. The molecule has 1 heterocycles. The van der Waals surface area contributed by atoms with Gasteiger partial charge >= 0.3 is 6.03 Å². The van der Waals surface area contributed by atoms with Crippen LogP contribution >= 0.6 is 0 Å². The second-order valence-electron chi connectivity index (χ2n) is 3.29. The number of nitrogens with zero attached hydrogens (tertiary/aromatic N) is 3. The molecule has 0 fully saturated rings. The molecule has 0 aliphatic carbocycles. The molecule has 0 aliphatic heterocycles. The van der Waals surface area contributed by atoms with Crippen molar-refractivity contribution in [2.45, 2.75) is 6.92 Å². The third-order valence-corrected chi connectivity index (χ3v) is 2.27. The first kappa shape index (κ1) is 10.1. The summed E-state index contributed by atoms with van der Waals surface area (Å²) in [5.41, 5.74) is 5.96. The number of nitro groups is 1. The van der Waals surface area contributed by atoms with Crippen molar-refractivity contribution in [1.82, 2.24) is 9.78 Å². The molecule has 0 unspecified atom stereocenters. The molecule has 7 heteroatoms. The van der Waals surface area contributed by atoms with Crippen molar-refractivity contribution in [1.29, 1.82) is 0 Å². The van der Waals surface area contributed by atoms with Gasteiger partial charge in [0.15, 0.2) is 0 Å². The summed E-state index contributed by atoms with van der Waals surface area (Å²) in [7, 11) is 0. The Kier molecular flexibility index (Phi) is 2.08. The van der Waals surface area contributed by atoms with E-state index in [4.69, 9.17) is 5.73 Å². The highest BCUT2D eigenvalue weighted by Gasteiger charge is 2.14. The van der Waals surface area contributed by atoms with E-state index in [-0.39, 0.29) is 5.69 Å². The average molecular weight is 220 g/mol. The molecule has 16 heavy (non-hydrogen) atoms. The predicted octanol–water partition coefficient (Wildman–Crippen LogP) is 1.18. The Morgan fingerprint density at radius 2 is 2.25 bits per heavy atom. The summed E-state index contributed by atoms with van der Waals surface area (Å²) in [4.78, 5) is 21.1. The van der Waals surface area contributed by atoms with Crippen molar-refractivity contribution >= 4 is 22.6 Å². The number of amides is 1. The van der Waals surface area contributed by atoms with Gasteiger partial charge in [-0.2, -0.15) is 9.78 Å². The number of carbonyl (C=O) groups excluding carboxylic acids is 1. The van der Waals surface area contributed by atoms with Crippen molar-refractivity contribution in [3.63, 3.8) is 0 Å². The van der Waals surface area contributed by atoms with E-state index in [9.17, 15) is 14.9 Å². The molecule has 1 aromatic carbocycles. The molecule has 1 aromatic heterocycles. The van der Waals surface area contributed by atoms with Crippen LogP contribution in [0.25, 0.3) is 10.9 Å². The van der Waals surface area contributed by atoms with Gasteiger partial charge in [-0.25, -0.2) is 4.79 Å². The largest absolute Gasteiger partial charge is 0.350 e. The van der Waals surface area contributed by atoms with Crippen molar-refractivity contribution in [2.24, 2.45) is 5.73 Å². The molecule has 0 saturated heterocycles. The van der Waals surface area contributed by atoms with Gasteiger partial charge in [-0.1, -0.05) is 0 Å². The van der Waals surface area contributed by atoms with E-state index in [1.54, 1.807) is 13.0 Å². The number of fused-ring (bicyclic) bond motifs is 1. The van der Waals surface area contributed by atoms with Gasteiger partial charge in [0.25, 0.3) is 5.69 Å².